The first-order valence-corrected chi connectivity index (χ1v) is 9.35. The Hall–Kier alpha value is -2.33. The zero-order valence-corrected chi connectivity index (χ0v) is 15.7. The molecule has 1 aliphatic rings. The molecule has 0 atom stereocenters. The van der Waals surface area contributed by atoms with Crippen LogP contribution in [0.1, 0.15) is 41.3 Å². The van der Waals surface area contributed by atoms with Crippen LogP contribution in [0.4, 0.5) is 0 Å². The molecule has 5 heteroatoms. The van der Waals surface area contributed by atoms with Gasteiger partial charge in [-0.05, 0) is 42.7 Å². The first kappa shape index (κ1) is 18.5. The average molecular weight is 371 g/mol. The molecule has 1 fully saturated rings. The average Bonchev–Trinajstić information content (AvgIpc) is 3.05. The molecule has 3 rings (SSSR count). The van der Waals surface area contributed by atoms with Gasteiger partial charge in [0.25, 0.3) is 5.91 Å². The summed E-state index contributed by atoms with van der Waals surface area (Å²) in [5.74, 6) is 0.164. The molecule has 1 heterocycles. The van der Waals surface area contributed by atoms with Crippen molar-refractivity contribution in [3.8, 4) is 0 Å². The minimum atomic E-state index is -0.0259. The maximum Gasteiger partial charge on any atom is 0.254 e. The van der Waals surface area contributed by atoms with Crippen LogP contribution < -0.4 is 0 Å². The Labute approximate surface area is 159 Å². The van der Waals surface area contributed by atoms with E-state index in [9.17, 15) is 9.59 Å². The quantitative estimate of drug-likeness (QED) is 0.767. The number of hydrogen-bond acceptors (Lipinski definition) is 2. The lowest BCUT2D eigenvalue weighted by Gasteiger charge is -2.22. The van der Waals surface area contributed by atoms with Crippen LogP contribution in [0.5, 0.6) is 0 Å². The molecule has 0 saturated carbocycles. The lowest BCUT2D eigenvalue weighted by atomic mass is 10.1. The van der Waals surface area contributed by atoms with Gasteiger partial charge in [-0.15, -0.1) is 0 Å². The maximum absolute atomic E-state index is 12.9. The summed E-state index contributed by atoms with van der Waals surface area (Å²) in [6.45, 7) is 4.39. The number of hydrogen-bond donors (Lipinski definition) is 0. The third kappa shape index (κ3) is 4.25. The predicted molar refractivity (Wildman–Crippen MR) is 103 cm³/mol. The first-order valence-electron chi connectivity index (χ1n) is 8.98. The van der Waals surface area contributed by atoms with Crippen LogP contribution in [0.2, 0.25) is 5.02 Å². The van der Waals surface area contributed by atoms with Crippen LogP contribution in [0.15, 0.2) is 48.5 Å². The molecule has 2 aromatic rings. The van der Waals surface area contributed by atoms with Gasteiger partial charge < -0.3 is 9.80 Å². The Balaban J connectivity index is 1.74. The summed E-state index contributed by atoms with van der Waals surface area (Å²) in [4.78, 5) is 28.4. The van der Waals surface area contributed by atoms with E-state index in [0.717, 1.165) is 24.1 Å². The van der Waals surface area contributed by atoms with Crippen LogP contribution in [-0.4, -0.2) is 34.7 Å². The molecular formula is C21H23ClN2O2. The molecule has 0 radical (unpaired) electrons. The van der Waals surface area contributed by atoms with Gasteiger partial charge in [-0.3, -0.25) is 9.59 Å². The molecule has 0 N–H and O–H groups in total. The number of rotatable bonds is 6. The summed E-state index contributed by atoms with van der Waals surface area (Å²) >= 11 is 6.23. The molecule has 0 aromatic heterocycles. The highest BCUT2D eigenvalue weighted by atomic mass is 35.5. The molecule has 1 saturated heterocycles. The van der Waals surface area contributed by atoms with E-state index in [4.69, 9.17) is 11.6 Å². The Bertz CT molecular complexity index is 806. The first-order chi connectivity index (χ1) is 12.6. The van der Waals surface area contributed by atoms with Crippen LogP contribution in [0.25, 0.3) is 0 Å². The standard InChI is InChI=1S/C21H23ClN2O2/c1-2-23(15-18-8-3-4-10-19(18)22)21(26)17-9-5-7-16(13-17)14-24-12-6-11-20(24)25/h3-5,7-10,13H,2,6,11-12,14-15H2,1H3. The lowest BCUT2D eigenvalue weighted by Crippen LogP contribution is -2.30. The minimum Gasteiger partial charge on any atom is -0.338 e. The third-order valence-corrected chi connectivity index (χ3v) is 5.08. The van der Waals surface area contributed by atoms with E-state index >= 15 is 0 Å². The van der Waals surface area contributed by atoms with Crippen LogP contribution in [0.3, 0.4) is 0 Å². The SMILES string of the molecule is CCN(Cc1ccccc1Cl)C(=O)c1cccc(CN2CCCC2=O)c1. The monoisotopic (exact) mass is 370 g/mol. The van der Waals surface area contributed by atoms with Crippen LogP contribution in [-0.2, 0) is 17.9 Å². The van der Waals surface area contributed by atoms with Crippen LogP contribution in [0, 0.1) is 0 Å². The molecule has 1 aliphatic heterocycles. The van der Waals surface area contributed by atoms with Crippen molar-refractivity contribution < 1.29 is 9.59 Å². The van der Waals surface area contributed by atoms with E-state index in [-0.39, 0.29) is 11.8 Å². The lowest BCUT2D eigenvalue weighted by molar-refractivity contribution is -0.128. The number of nitrogens with zero attached hydrogens (tertiary/aromatic N) is 2. The second-order valence-electron chi connectivity index (χ2n) is 6.53. The summed E-state index contributed by atoms with van der Waals surface area (Å²) in [6.07, 6.45) is 1.54. The van der Waals surface area contributed by atoms with E-state index in [2.05, 4.69) is 0 Å². The molecule has 4 nitrogen and oxygen atoms in total. The summed E-state index contributed by atoms with van der Waals surface area (Å²) in [5, 5.41) is 0.667. The van der Waals surface area contributed by atoms with Gasteiger partial charge in [-0.1, -0.05) is 41.9 Å². The highest BCUT2D eigenvalue weighted by molar-refractivity contribution is 6.31. The van der Waals surface area contributed by atoms with Crippen LogP contribution >= 0.6 is 11.6 Å². The Morgan fingerprint density at radius 3 is 2.69 bits per heavy atom. The van der Waals surface area contributed by atoms with Gasteiger partial charge in [0.1, 0.15) is 0 Å². The smallest absolute Gasteiger partial charge is 0.254 e. The second-order valence-corrected chi connectivity index (χ2v) is 6.94. The van der Waals surface area contributed by atoms with Crippen molar-refractivity contribution in [2.24, 2.45) is 0 Å². The molecule has 0 spiro atoms. The van der Waals surface area contributed by atoms with Crippen molar-refractivity contribution in [2.75, 3.05) is 13.1 Å². The number of halogens is 1. The van der Waals surface area contributed by atoms with Crippen molar-refractivity contribution in [3.63, 3.8) is 0 Å². The Kier molecular flexibility index (Phi) is 5.94. The maximum atomic E-state index is 12.9. The molecule has 26 heavy (non-hydrogen) atoms. The van der Waals surface area contributed by atoms with Crippen molar-refractivity contribution in [2.45, 2.75) is 32.9 Å². The van der Waals surface area contributed by atoms with Gasteiger partial charge in [0.15, 0.2) is 0 Å². The molecule has 0 bridgehead atoms. The normalized spacial score (nSPS) is 13.9. The highest BCUT2D eigenvalue weighted by Crippen LogP contribution is 2.19. The van der Waals surface area contributed by atoms with Crippen molar-refractivity contribution in [1.82, 2.24) is 9.80 Å². The number of benzene rings is 2. The van der Waals surface area contributed by atoms with E-state index in [1.54, 1.807) is 4.90 Å². The van der Waals surface area contributed by atoms with E-state index in [1.807, 2.05) is 60.4 Å². The molecule has 136 valence electrons. The van der Waals surface area contributed by atoms with Gasteiger partial charge in [-0.25, -0.2) is 0 Å². The van der Waals surface area contributed by atoms with Crippen molar-refractivity contribution >= 4 is 23.4 Å². The summed E-state index contributed by atoms with van der Waals surface area (Å²) < 4.78 is 0. The molecular weight excluding hydrogens is 348 g/mol. The zero-order valence-electron chi connectivity index (χ0n) is 15.0. The minimum absolute atomic E-state index is 0.0259. The Morgan fingerprint density at radius 1 is 1.19 bits per heavy atom. The summed E-state index contributed by atoms with van der Waals surface area (Å²) in [7, 11) is 0. The summed E-state index contributed by atoms with van der Waals surface area (Å²) in [6, 6.07) is 15.1. The fourth-order valence-electron chi connectivity index (χ4n) is 3.24. The molecule has 0 unspecified atom stereocenters. The van der Waals surface area contributed by atoms with Crippen molar-refractivity contribution in [3.05, 3.63) is 70.2 Å². The largest absolute Gasteiger partial charge is 0.338 e. The molecule has 2 amide bonds. The number of amides is 2. The summed E-state index contributed by atoms with van der Waals surface area (Å²) in [5.41, 5.74) is 2.56. The topological polar surface area (TPSA) is 40.6 Å². The Morgan fingerprint density at radius 2 is 2.00 bits per heavy atom. The molecule has 0 aliphatic carbocycles. The van der Waals surface area contributed by atoms with Gasteiger partial charge in [0.05, 0.1) is 0 Å². The number of carbonyl (C=O) groups excluding carboxylic acids is 2. The zero-order chi connectivity index (χ0) is 18.5. The highest BCUT2D eigenvalue weighted by Gasteiger charge is 2.21. The fourth-order valence-corrected chi connectivity index (χ4v) is 3.43. The number of carbonyl (C=O) groups is 2. The number of likely N-dealkylation sites (tertiary alicyclic amines) is 1. The predicted octanol–water partition coefficient (Wildman–Crippen LogP) is 4.12. The van der Waals surface area contributed by atoms with Gasteiger partial charge in [0, 0.05) is 43.2 Å². The van der Waals surface area contributed by atoms with E-state index < -0.39 is 0 Å². The third-order valence-electron chi connectivity index (χ3n) is 4.71. The molecule has 2 aromatic carbocycles. The van der Waals surface area contributed by atoms with Gasteiger partial charge in [-0.2, -0.15) is 0 Å². The van der Waals surface area contributed by atoms with Gasteiger partial charge in [0.2, 0.25) is 5.91 Å². The van der Waals surface area contributed by atoms with E-state index in [1.165, 1.54) is 0 Å². The van der Waals surface area contributed by atoms with Gasteiger partial charge >= 0.3 is 0 Å². The van der Waals surface area contributed by atoms with E-state index in [0.29, 0.717) is 36.6 Å². The fraction of sp³-hybridized carbons (Fsp3) is 0.333. The van der Waals surface area contributed by atoms with Crippen molar-refractivity contribution in [1.29, 1.82) is 0 Å². The second kappa shape index (κ2) is 8.37.